The Labute approximate surface area is 108 Å². The van der Waals surface area contributed by atoms with Crippen LogP contribution in [-0.2, 0) is 10.0 Å². The molecule has 102 valence electrons. The summed E-state index contributed by atoms with van der Waals surface area (Å²) in [5.74, 6) is 0.650. The average Bonchev–Trinajstić information content (AvgIpc) is 2.36. The zero-order valence-corrected chi connectivity index (χ0v) is 11.2. The van der Waals surface area contributed by atoms with Crippen molar-refractivity contribution in [3.63, 3.8) is 0 Å². The van der Waals surface area contributed by atoms with Crippen LogP contribution in [0.3, 0.4) is 0 Å². The van der Waals surface area contributed by atoms with Crippen LogP contribution in [0.25, 0.3) is 0 Å². The Morgan fingerprint density at radius 3 is 2.44 bits per heavy atom. The highest BCUT2D eigenvalue weighted by Gasteiger charge is 2.12. The molecule has 6 heteroatoms. The van der Waals surface area contributed by atoms with Gasteiger partial charge in [0.1, 0.15) is 5.75 Å². The number of benzene rings is 1. The van der Waals surface area contributed by atoms with Gasteiger partial charge in [0.25, 0.3) is 0 Å². The lowest BCUT2D eigenvalue weighted by atomic mass is 10.3. The van der Waals surface area contributed by atoms with Gasteiger partial charge >= 0.3 is 0 Å². The summed E-state index contributed by atoms with van der Waals surface area (Å²) < 4.78 is 31.4. The van der Waals surface area contributed by atoms with E-state index in [1.165, 1.54) is 12.1 Å². The third kappa shape index (κ3) is 4.64. The van der Waals surface area contributed by atoms with Gasteiger partial charge in [-0.1, -0.05) is 0 Å². The van der Waals surface area contributed by atoms with Crippen LogP contribution in [0.4, 0.5) is 0 Å². The molecule has 0 amide bonds. The Morgan fingerprint density at radius 2 is 1.89 bits per heavy atom. The SMILES string of the molecule is CCOc1ccc(S(=O)(=O)NCCCCO)cc1. The lowest BCUT2D eigenvalue weighted by Gasteiger charge is -2.07. The van der Waals surface area contributed by atoms with Gasteiger partial charge in [0.15, 0.2) is 0 Å². The first kappa shape index (κ1) is 14.9. The Bertz CT molecular complexity index is 442. The van der Waals surface area contributed by atoms with E-state index < -0.39 is 10.0 Å². The molecule has 0 bridgehead atoms. The van der Waals surface area contributed by atoms with Crippen LogP contribution < -0.4 is 9.46 Å². The second kappa shape index (κ2) is 7.35. The Morgan fingerprint density at radius 1 is 1.22 bits per heavy atom. The molecule has 0 radical (unpaired) electrons. The molecule has 1 rings (SSSR count). The average molecular weight is 273 g/mol. The van der Waals surface area contributed by atoms with Crippen molar-refractivity contribution in [1.29, 1.82) is 0 Å². The number of nitrogens with one attached hydrogen (secondary N) is 1. The number of hydrogen-bond acceptors (Lipinski definition) is 4. The molecule has 0 aliphatic carbocycles. The molecule has 0 fully saturated rings. The quantitative estimate of drug-likeness (QED) is 0.696. The molecule has 2 N–H and O–H groups in total. The van der Waals surface area contributed by atoms with Crippen molar-refractivity contribution < 1.29 is 18.3 Å². The summed E-state index contributed by atoms with van der Waals surface area (Å²) in [6.45, 7) is 2.82. The summed E-state index contributed by atoms with van der Waals surface area (Å²) in [6.07, 6.45) is 1.21. The van der Waals surface area contributed by atoms with E-state index in [9.17, 15) is 8.42 Å². The highest BCUT2D eigenvalue weighted by atomic mass is 32.2. The van der Waals surface area contributed by atoms with Gasteiger partial charge in [0, 0.05) is 13.2 Å². The molecule has 0 unspecified atom stereocenters. The second-order valence-corrected chi connectivity index (χ2v) is 5.50. The van der Waals surface area contributed by atoms with Crippen LogP contribution in [-0.4, -0.2) is 33.3 Å². The van der Waals surface area contributed by atoms with E-state index in [4.69, 9.17) is 9.84 Å². The fourth-order valence-corrected chi connectivity index (χ4v) is 2.48. The first-order valence-corrected chi connectivity index (χ1v) is 7.42. The number of aliphatic hydroxyl groups is 1. The zero-order chi connectivity index (χ0) is 13.4. The minimum Gasteiger partial charge on any atom is -0.494 e. The molecule has 5 nitrogen and oxygen atoms in total. The maximum atomic E-state index is 11.9. The lowest BCUT2D eigenvalue weighted by molar-refractivity contribution is 0.285. The van der Waals surface area contributed by atoms with Crippen molar-refractivity contribution in [1.82, 2.24) is 4.72 Å². The summed E-state index contributed by atoms with van der Waals surface area (Å²) >= 11 is 0. The monoisotopic (exact) mass is 273 g/mol. The fourth-order valence-electron chi connectivity index (χ4n) is 1.41. The second-order valence-electron chi connectivity index (χ2n) is 3.73. The molecule has 0 aromatic heterocycles. The molecule has 0 atom stereocenters. The minimum absolute atomic E-state index is 0.0742. The maximum absolute atomic E-state index is 11.9. The molecule has 0 saturated carbocycles. The highest BCUT2D eigenvalue weighted by Crippen LogP contribution is 2.15. The summed E-state index contributed by atoms with van der Waals surface area (Å²) in [7, 11) is -3.46. The van der Waals surface area contributed by atoms with Crippen LogP contribution in [0, 0.1) is 0 Å². The van der Waals surface area contributed by atoms with Gasteiger partial charge in [-0.2, -0.15) is 0 Å². The van der Waals surface area contributed by atoms with Gasteiger partial charge < -0.3 is 9.84 Å². The van der Waals surface area contributed by atoms with Crippen LogP contribution >= 0.6 is 0 Å². The standard InChI is InChI=1S/C12H19NO4S/c1-2-17-11-5-7-12(8-6-11)18(15,16)13-9-3-4-10-14/h5-8,13-14H,2-4,9-10H2,1H3. The molecule has 0 aliphatic rings. The Hall–Kier alpha value is -1.11. The van der Waals surface area contributed by atoms with E-state index in [1.807, 2.05) is 6.92 Å². The van der Waals surface area contributed by atoms with Gasteiger partial charge in [-0.3, -0.25) is 0 Å². The normalized spacial score (nSPS) is 11.4. The number of aliphatic hydroxyl groups excluding tert-OH is 1. The number of hydrogen-bond donors (Lipinski definition) is 2. The number of ether oxygens (including phenoxy) is 1. The molecule has 18 heavy (non-hydrogen) atoms. The van der Waals surface area contributed by atoms with E-state index in [-0.39, 0.29) is 11.5 Å². The third-order valence-electron chi connectivity index (χ3n) is 2.32. The van der Waals surface area contributed by atoms with Gasteiger partial charge in [-0.05, 0) is 44.0 Å². The van der Waals surface area contributed by atoms with Gasteiger partial charge in [0.05, 0.1) is 11.5 Å². The van der Waals surface area contributed by atoms with E-state index >= 15 is 0 Å². The van der Waals surface area contributed by atoms with Crippen LogP contribution in [0.15, 0.2) is 29.2 Å². The van der Waals surface area contributed by atoms with Crippen molar-refractivity contribution in [2.45, 2.75) is 24.7 Å². The summed E-state index contributed by atoms with van der Waals surface area (Å²) in [5, 5.41) is 8.60. The van der Waals surface area contributed by atoms with Crippen LogP contribution in [0.1, 0.15) is 19.8 Å². The van der Waals surface area contributed by atoms with Gasteiger partial charge in [0.2, 0.25) is 10.0 Å². The van der Waals surface area contributed by atoms with Crippen molar-refractivity contribution in [3.05, 3.63) is 24.3 Å². The maximum Gasteiger partial charge on any atom is 0.240 e. The summed E-state index contributed by atoms with van der Waals surface area (Å²) in [6, 6.07) is 6.29. The zero-order valence-electron chi connectivity index (χ0n) is 10.4. The number of unbranched alkanes of at least 4 members (excludes halogenated alkanes) is 1. The van der Waals surface area contributed by atoms with Crippen molar-refractivity contribution in [2.75, 3.05) is 19.8 Å². The Balaban J connectivity index is 2.61. The van der Waals surface area contributed by atoms with E-state index in [0.29, 0.717) is 31.7 Å². The first-order valence-electron chi connectivity index (χ1n) is 5.93. The molecular formula is C12H19NO4S. The largest absolute Gasteiger partial charge is 0.494 e. The van der Waals surface area contributed by atoms with Gasteiger partial charge in [-0.25, -0.2) is 13.1 Å². The highest BCUT2D eigenvalue weighted by molar-refractivity contribution is 7.89. The Kier molecular flexibility index (Phi) is 6.11. The van der Waals surface area contributed by atoms with E-state index in [0.717, 1.165) is 0 Å². The molecular weight excluding hydrogens is 254 g/mol. The minimum atomic E-state index is -3.46. The molecule has 1 aromatic rings. The van der Waals surface area contributed by atoms with E-state index in [1.54, 1.807) is 12.1 Å². The van der Waals surface area contributed by atoms with Crippen molar-refractivity contribution in [3.8, 4) is 5.75 Å². The summed E-state index contributed by atoms with van der Waals surface area (Å²) in [4.78, 5) is 0.218. The smallest absolute Gasteiger partial charge is 0.240 e. The predicted octanol–water partition coefficient (Wildman–Crippen LogP) is 1.14. The molecule has 0 saturated heterocycles. The molecule has 0 spiro atoms. The predicted molar refractivity (Wildman–Crippen MR) is 69.1 cm³/mol. The fraction of sp³-hybridized carbons (Fsp3) is 0.500. The summed E-state index contributed by atoms with van der Waals surface area (Å²) in [5.41, 5.74) is 0. The molecule has 0 heterocycles. The molecule has 1 aromatic carbocycles. The lowest BCUT2D eigenvalue weighted by Crippen LogP contribution is -2.24. The number of sulfonamides is 1. The van der Waals surface area contributed by atoms with Crippen LogP contribution in [0.5, 0.6) is 5.75 Å². The third-order valence-corrected chi connectivity index (χ3v) is 3.80. The number of rotatable bonds is 8. The first-order chi connectivity index (χ1) is 8.60. The van der Waals surface area contributed by atoms with Crippen molar-refractivity contribution >= 4 is 10.0 Å². The van der Waals surface area contributed by atoms with Crippen LogP contribution in [0.2, 0.25) is 0 Å². The van der Waals surface area contributed by atoms with E-state index in [2.05, 4.69) is 4.72 Å². The molecule has 0 aliphatic heterocycles. The van der Waals surface area contributed by atoms with Gasteiger partial charge in [-0.15, -0.1) is 0 Å². The van der Waals surface area contributed by atoms with Crippen molar-refractivity contribution in [2.24, 2.45) is 0 Å². The topological polar surface area (TPSA) is 75.6 Å².